The van der Waals surface area contributed by atoms with Crippen LogP contribution in [0.25, 0.3) is 11.8 Å². The average molecular weight is 443 g/mol. The smallest absolute Gasteiger partial charge is 0.270 e. The molecule has 0 atom stereocenters. The molecule has 1 saturated heterocycles. The molecule has 0 bridgehead atoms. The molecule has 33 heavy (non-hydrogen) atoms. The molecule has 5 nitrogen and oxygen atoms in total. The lowest BCUT2D eigenvalue weighted by Crippen LogP contribution is -2.41. The molecular weight excluding hydrogens is 412 g/mol. The van der Waals surface area contributed by atoms with Crippen molar-refractivity contribution in [3.05, 3.63) is 100 Å². The summed E-state index contributed by atoms with van der Waals surface area (Å²) in [6.07, 6.45) is 6.40. The van der Waals surface area contributed by atoms with E-state index >= 15 is 0 Å². The maximum absolute atomic E-state index is 13.6. The molecule has 170 valence electrons. The molecule has 5 heteroatoms. The fourth-order valence-electron chi connectivity index (χ4n) is 4.30. The quantitative estimate of drug-likeness (QED) is 0.497. The van der Waals surface area contributed by atoms with E-state index in [0.29, 0.717) is 31.3 Å². The van der Waals surface area contributed by atoms with E-state index in [1.165, 1.54) is 16.2 Å². The van der Waals surface area contributed by atoms with E-state index in [0.717, 1.165) is 30.6 Å². The van der Waals surface area contributed by atoms with Crippen LogP contribution >= 0.6 is 0 Å². The molecule has 2 aromatic carbocycles. The van der Waals surface area contributed by atoms with E-state index in [1.54, 1.807) is 24.4 Å². The van der Waals surface area contributed by atoms with Crippen LogP contribution in [0.5, 0.6) is 5.75 Å². The first kappa shape index (κ1) is 22.6. The molecule has 2 heterocycles. The number of ether oxygens (including phenoxy) is 1. The van der Waals surface area contributed by atoms with Gasteiger partial charge >= 0.3 is 0 Å². The number of benzene rings is 2. The Morgan fingerprint density at radius 3 is 2.33 bits per heavy atom. The highest BCUT2D eigenvalue weighted by Gasteiger charge is 2.26. The molecule has 1 fully saturated rings. The monoisotopic (exact) mass is 442 g/mol. The zero-order valence-corrected chi connectivity index (χ0v) is 19.0. The average Bonchev–Trinajstić information content (AvgIpc) is 2.85. The van der Waals surface area contributed by atoms with Gasteiger partial charge in [-0.1, -0.05) is 48.5 Å². The van der Waals surface area contributed by atoms with Crippen molar-refractivity contribution in [1.29, 1.82) is 0 Å². The zero-order valence-electron chi connectivity index (χ0n) is 19.0. The van der Waals surface area contributed by atoms with Crippen LogP contribution in [-0.4, -0.2) is 35.1 Å². The number of hydrogen-bond acceptors (Lipinski definition) is 3. The maximum Gasteiger partial charge on any atom is 0.270 e. The number of carbonyl (C=O) groups is 1. The molecule has 1 aromatic heterocycles. The molecule has 0 aliphatic carbocycles. The molecule has 0 N–H and O–H groups in total. The summed E-state index contributed by atoms with van der Waals surface area (Å²) in [7, 11) is 0. The zero-order chi connectivity index (χ0) is 23.0. The van der Waals surface area contributed by atoms with Gasteiger partial charge in [-0.25, -0.2) is 0 Å². The first-order valence-electron chi connectivity index (χ1n) is 11.6. The minimum Gasteiger partial charge on any atom is -0.494 e. The second-order valence-corrected chi connectivity index (χ2v) is 8.37. The van der Waals surface area contributed by atoms with Gasteiger partial charge in [-0.2, -0.15) is 0 Å². The minimum atomic E-state index is -0.220. The highest BCUT2D eigenvalue weighted by molar-refractivity contribution is 6.18. The van der Waals surface area contributed by atoms with Crippen molar-refractivity contribution in [1.82, 2.24) is 9.47 Å². The van der Waals surface area contributed by atoms with Crippen LogP contribution in [0.2, 0.25) is 0 Å². The van der Waals surface area contributed by atoms with Crippen molar-refractivity contribution in [3.8, 4) is 5.75 Å². The Bertz CT molecular complexity index is 1140. The van der Waals surface area contributed by atoms with Gasteiger partial charge in [-0.3, -0.25) is 14.2 Å². The van der Waals surface area contributed by atoms with E-state index in [2.05, 4.69) is 24.3 Å². The molecule has 0 spiro atoms. The van der Waals surface area contributed by atoms with Crippen molar-refractivity contribution in [2.45, 2.75) is 26.2 Å². The number of aromatic nitrogens is 1. The predicted molar refractivity (Wildman–Crippen MR) is 132 cm³/mol. The molecular formula is C28H30N2O3. The summed E-state index contributed by atoms with van der Waals surface area (Å²) in [4.78, 5) is 28.0. The van der Waals surface area contributed by atoms with E-state index in [-0.39, 0.29) is 11.5 Å². The van der Waals surface area contributed by atoms with Crippen LogP contribution in [0, 0.1) is 5.92 Å². The summed E-state index contributed by atoms with van der Waals surface area (Å²) < 4.78 is 6.95. The molecule has 4 rings (SSSR count). The largest absolute Gasteiger partial charge is 0.494 e. The first-order valence-corrected chi connectivity index (χ1v) is 11.6. The van der Waals surface area contributed by atoms with Gasteiger partial charge in [0.25, 0.3) is 11.5 Å². The lowest BCUT2D eigenvalue weighted by atomic mass is 9.90. The normalized spacial score (nSPS) is 14.8. The molecule has 1 amide bonds. The second kappa shape index (κ2) is 10.8. The molecule has 0 unspecified atom stereocenters. The van der Waals surface area contributed by atoms with Gasteiger partial charge in [-0.05, 0) is 67.5 Å². The highest BCUT2D eigenvalue weighted by Crippen LogP contribution is 2.24. The first-order chi connectivity index (χ1) is 16.1. The van der Waals surface area contributed by atoms with Gasteiger partial charge in [0.1, 0.15) is 11.4 Å². The van der Waals surface area contributed by atoms with E-state index in [1.807, 2.05) is 42.2 Å². The third-order valence-corrected chi connectivity index (χ3v) is 6.06. The van der Waals surface area contributed by atoms with Crippen LogP contribution in [0.4, 0.5) is 0 Å². The van der Waals surface area contributed by atoms with Crippen molar-refractivity contribution in [2.24, 2.45) is 5.92 Å². The molecule has 0 saturated carbocycles. The summed E-state index contributed by atoms with van der Waals surface area (Å²) in [6, 6.07) is 23.0. The summed E-state index contributed by atoms with van der Waals surface area (Å²) in [6.45, 7) is 3.92. The topological polar surface area (TPSA) is 51.5 Å². The van der Waals surface area contributed by atoms with Gasteiger partial charge in [-0.15, -0.1) is 0 Å². The van der Waals surface area contributed by atoms with E-state index < -0.39 is 0 Å². The van der Waals surface area contributed by atoms with Crippen LogP contribution in [0.15, 0.2) is 83.8 Å². The fraction of sp³-hybridized carbons (Fsp3) is 0.286. The number of nitrogens with zero attached hydrogens (tertiary/aromatic N) is 2. The van der Waals surface area contributed by atoms with Gasteiger partial charge in [0.05, 0.1) is 6.61 Å². The SMILES string of the molecule is CCOc1ccc(C=C(C(=O)N2CCC(Cc3ccccc3)CC2)n2ccccc2=O)cc1. The fourth-order valence-corrected chi connectivity index (χ4v) is 4.30. The maximum atomic E-state index is 13.6. The Hall–Kier alpha value is -3.60. The summed E-state index contributed by atoms with van der Waals surface area (Å²) >= 11 is 0. The summed E-state index contributed by atoms with van der Waals surface area (Å²) in [5, 5.41) is 0. The van der Waals surface area contributed by atoms with E-state index in [9.17, 15) is 9.59 Å². The highest BCUT2D eigenvalue weighted by atomic mass is 16.5. The molecule has 1 aliphatic rings. The number of carbonyl (C=O) groups excluding carboxylic acids is 1. The van der Waals surface area contributed by atoms with E-state index in [4.69, 9.17) is 4.74 Å². The number of piperidine rings is 1. The predicted octanol–water partition coefficient (Wildman–Crippen LogP) is 4.73. The van der Waals surface area contributed by atoms with Gasteiger partial charge in [0.2, 0.25) is 0 Å². The molecule has 3 aromatic rings. The summed E-state index contributed by atoms with van der Waals surface area (Å²) in [5.74, 6) is 1.23. The number of amides is 1. The number of hydrogen-bond donors (Lipinski definition) is 0. The van der Waals surface area contributed by atoms with Crippen LogP contribution in [0.3, 0.4) is 0 Å². The van der Waals surface area contributed by atoms with Crippen molar-refractivity contribution in [3.63, 3.8) is 0 Å². The standard InChI is InChI=1S/C28H30N2O3/c1-2-33-25-13-11-23(12-14-25)21-26(30-17-7-6-10-27(30)31)28(32)29-18-15-24(16-19-29)20-22-8-4-3-5-9-22/h3-14,17,21,24H,2,15-16,18-20H2,1H3. The lowest BCUT2D eigenvalue weighted by molar-refractivity contribution is -0.126. The van der Waals surface area contributed by atoms with Gasteiger partial charge in [0, 0.05) is 25.4 Å². The van der Waals surface area contributed by atoms with Gasteiger partial charge < -0.3 is 9.64 Å². The van der Waals surface area contributed by atoms with Gasteiger partial charge in [0.15, 0.2) is 0 Å². The summed E-state index contributed by atoms with van der Waals surface area (Å²) in [5.41, 5.74) is 2.33. The van der Waals surface area contributed by atoms with Crippen LogP contribution in [0.1, 0.15) is 30.9 Å². The van der Waals surface area contributed by atoms with Crippen molar-refractivity contribution < 1.29 is 9.53 Å². The molecule has 1 aliphatic heterocycles. The Balaban J connectivity index is 1.53. The minimum absolute atomic E-state index is 0.115. The Morgan fingerprint density at radius 1 is 0.970 bits per heavy atom. The number of rotatable bonds is 7. The van der Waals surface area contributed by atoms with Crippen LogP contribution < -0.4 is 10.3 Å². The third kappa shape index (κ3) is 5.80. The Kier molecular flexibility index (Phi) is 7.40. The van der Waals surface area contributed by atoms with Crippen LogP contribution in [-0.2, 0) is 11.2 Å². The molecule has 0 radical (unpaired) electrons. The second-order valence-electron chi connectivity index (χ2n) is 8.37. The number of likely N-dealkylation sites (tertiary alicyclic amines) is 1. The lowest BCUT2D eigenvalue weighted by Gasteiger charge is -2.33. The Labute approximate surface area is 194 Å². The van der Waals surface area contributed by atoms with Crippen molar-refractivity contribution >= 4 is 17.7 Å². The van der Waals surface area contributed by atoms with Crippen molar-refractivity contribution in [2.75, 3.05) is 19.7 Å². The Morgan fingerprint density at radius 2 is 1.67 bits per heavy atom. The third-order valence-electron chi connectivity index (χ3n) is 6.06. The number of pyridine rings is 1.